The van der Waals surface area contributed by atoms with Gasteiger partial charge in [-0.2, -0.15) is 0 Å². The van der Waals surface area contributed by atoms with Crippen molar-refractivity contribution in [3.8, 4) is 0 Å². The molecule has 0 heterocycles. The van der Waals surface area contributed by atoms with Crippen molar-refractivity contribution < 1.29 is 9.72 Å². The highest BCUT2D eigenvalue weighted by atomic mass is 16.6. The summed E-state index contributed by atoms with van der Waals surface area (Å²) in [5.41, 5.74) is 1.18. The summed E-state index contributed by atoms with van der Waals surface area (Å²) in [5, 5.41) is 13.8. The Morgan fingerprint density at radius 3 is 2.56 bits per heavy atom. The van der Waals surface area contributed by atoms with E-state index in [-0.39, 0.29) is 11.6 Å². The summed E-state index contributed by atoms with van der Waals surface area (Å²) in [6.07, 6.45) is 0. The zero-order valence-corrected chi connectivity index (χ0v) is 10.9. The lowest BCUT2D eigenvalue weighted by atomic mass is 10.1. The highest BCUT2D eigenvalue weighted by Gasteiger charge is 2.18. The molecule has 0 aromatic heterocycles. The summed E-state index contributed by atoms with van der Waals surface area (Å²) in [4.78, 5) is 23.6. The van der Waals surface area contributed by atoms with Crippen molar-refractivity contribution in [2.75, 3.05) is 19.4 Å². The number of carbonyl (C=O) groups excluding carboxylic acids is 1. The van der Waals surface area contributed by atoms with Gasteiger partial charge in [-0.05, 0) is 19.9 Å². The van der Waals surface area contributed by atoms with Crippen LogP contribution in [0.3, 0.4) is 0 Å². The van der Waals surface area contributed by atoms with E-state index in [4.69, 9.17) is 0 Å². The molecule has 6 nitrogen and oxygen atoms in total. The van der Waals surface area contributed by atoms with Crippen LogP contribution in [0.4, 0.5) is 11.4 Å². The first-order valence-electron chi connectivity index (χ1n) is 5.56. The van der Waals surface area contributed by atoms with Crippen molar-refractivity contribution in [2.24, 2.45) is 0 Å². The number of hydrogen-bond donors (Lipinski definition) is 1. The number of rotatable bonds is 4. The highest BCUT2D eigenvalue weighted by Crippen LogP contribution is 2.25. The number of anilines is 1. The molecule has 98 valence electrons. The van der Waals surface area contributed by atoms with E-state index in [1.54, 1.807) is 40.1 Å². The molecule has 0 aliphatic heterocycles. The fraction of sp³-hybridized carbons (Fsp3) is 0.417. The highest BCUT2D eigenvalue weighted by molar-refractivity contribution is 5.84. The minimum atomic E-state index is -0.432. The topological polar surface area (TPSA) is 75.5 Å². The lowest BCUT2D eigenvalue weighted by Gasteiger charge is -2.19. The lowest BCUT2D eigenvalue weighted by molar-refractivity contribution is -0.385. The number of amides is 1. The van der Waals surface area contributed by atoms with Crippen molar-refractivity contribution in [2.45, 2.75) is 19.9 Å². The quantitative estimate of drug-likeness (QED) is 0.654. The maximum absolute atomic E-state index is 11.7. The number of nitrogens with one attached hydrogen (secondary N) is 1. The molecule has 18 heavy (non-hydrogen) atoms. The summed E-state index contributed by atoms with van der Waals surface area (Å²) in [7, 11) is 3.33. The van der Waals surface area contributed by atoms with E-state index < -0.39 is 11.0 Å². The standard InChI is InChI=1S/C12H17N3O3/c1-8-10(6-5-7-11(8)15(17)18)13-9(2)12(16)14(3)4/h5-7,9,13H,1-4H3. The van der Waals surface area contributed by atoms with E-state index in [0.717, 1.165) is 0 Å². The molecule has 0 aliphatic carbocycles. The number of hydrogen-bond acceptors (Lipinski definition) is 4. The van der Waals surface area contributed by atoms with E-state index in [9.17, 15) is 14.9 Å². The summed E-state index contributed by atoms with van der Waals surface area (Å²) in [6.45, 7) is 3.38. The van der Waals surface area contributed by atoms with E-state index in [1.165, 1.54) is 11.0 Å². The van der Waals surface area contributed by atoms with Crippen LogP contribution in [0.15, 0.2) is 18.2 Å². The Balaban J connectivity index is 2.95. The third-order valence-electron chi connectivity index (χ3n) is 2.69. The monoisotopic (exact) mass is 251 g/mol. The number of likely N-dealkylation sites (N-methyl/N-ethyl adjacent to an activating group) is 1. The SMILES string of the molecule is Cc1c(NC(C)C(=O)N(C)C)cccc1[N+](=O)[O-]. The number of carbonyl (C=O) groups is 1. The second kappa shape index (κ2) is 5.48. The van der Waals surface area contributed by atoms with Crippen molar-refractivity contribution >= 4 is 17.3 Å². The predicted octanol–water partition coefficient (Wildman–Crippen LogP) is 1.79. The molecule has 1 aromatic carbocycles. The smallest absolute Gasteiger partial charge is 0.274 e. The van der Waals surface area contributed by atoms with Crippen molar-refractivity contribution in [1.29, 1.82) is 0 Å². The van der Waals surface area contributed by atoms with Crippen molar-refractivity contribution in [1.82, 2.24) is 4.90 Å². The average molecular weight is 251 g/mol. The number of nitro benzene ring substituents is 1. The lowest BCUT2D eigenvalue weighted by Crippen LogP contribution is -2.36. The first-order chi connectivity index (χ1) is 8.34. The molecular formula is C12H17N3O3. The molecule has 1 aromatic rings. The van der Waals surface area contributed by atoms with Gasteiger partial charge in [0.25, 0.3) is 5.69 Å². The van der Waals surface area contributed by atoms with E-state index in [2.05, 4.69) is 5.32 Å². The summed E-state index contributed by atoms with van der Waals surface area (Å²) >= 11 is 0. The average Bonchev–Trinajstić information content (AvgIpc) is 2.30. The molecule has 1 unspecified atom stereocenters. The van der Waals surface area contributed by atoms with E-state index >= 15 is 0 Å². The molecule has 1 N–H and O–H groups in total. The number of nitro groups is 1. The Morgan fingerprint density at radius 1 is 1.44 bits per heavy atom. The predicted molar refractivity (Wildman–Crippen MR) is 69.6 cm³/mol. The Labute approximate surface area is 106 Å². The zero-order valence-electron chi connectivity index (χ0n) is 10.9. The number of nitrogens with zero attached hydrogens (tertiary/aromatic N) is 2. The van der Waals surface area contributed by atoms with Gasteiger partial charge in [-0.3, -0.25) is 14.9 Å². The molecule has 1 rings (SSSR count). The first kappa shape index (κ1) is 14.0. The van der Waals surface area contributed by atoms with Gasteiger partial charge < -0.3 is 10.2 Å². The van der Waals surface area contributed by atoms with Crippen LogP contribution in [0, 0.1) is 17.0 Å². The van der Waals surface area contributed by atoms with Crippen LogP contribution in [-0.4, -0.2) is 35.9 Å². The summed E-state index contributed by atoms with van der Waals surface area (Å²) in [5.74, 6) is -0.0825. The van der Waals surface area contributed by atoms with Gasteiger partial charge in [-0.25, -0.2) is 0 Å². The molecule has 0 aliphatic rings. The van der Waals surface area contributed by atoms with Gasteiger partial charge in [0, 0.05) is 31.4 Å². The maximum atomic E-state index is 11.7. The molecule has 0 saturated carbocycles. The summed E-state index contributed by atoms with van der Waals surface area (Å²) in [6, 6.07) is 4.34. The first-order valence-corrected chi connectivity index (χ1v) is 5.56. The Morgan fingerprint density at radius 2 is 2.06 bits per heavy atom. The zero-order chi connectivity index (χ0) is 13.9. The number of benzene rings is 1. The Hall–Kier alpha value is -2.11. The third kappa shape index (κ3) is 2.97. The van der Waals surface area contributed by atoms with Crippen LogP contribution >= 0.6 is 0 Å². The van der Waals surface area contributed by atoms with Gasteiger partial charge in [-0.15, -0.1) is 0 Å². The van der Waals surface area contributed by atoms with Gasteiger partial charge in [-0.1, -0.05) is 6.07 Å². The van der Waals surface area contributed by atoms with Crippen molar-refractivity contribution in [3.05, 3.63) is 33.9 Å². The molecule has 1 atom stereocenters. The van der Waals surface area contributed by atoms with Crippen LogP contribution in [0.5, 0.6) is 0 Å². The molecule has 0 fully saturated rings. The fourth-order valence-corrected chi connectivity index (χ4v) is 1.66. The fourth-order valence-electron chi connectivity index (χ4n) is 1.66. The molecule has 0 radical (unpaired) electrons. The molecule has 6 heteroatoms. The van der Waals surface area contributed by atoms with E-state index in [0.29, 0.717) is 11.3 Å². The van der Waals surface area contributed by atoms with Crippen LogP contribution < -0.4 is 5.32 Å². The second-order valence-corrected chi connectivity index (χ2v) is 4.31. The largest absolute Gasteiger partial charge is 0.373 e. The Bertz CT molecular complexity index is 472. The third-order valence-corrected chi connectivity index (χ3v) is 2.69. The molecular weight excluding hydrogens is 234 g/mol. The van der Waals surface area contributed by atoms with Crippen LogP contribution in [0.2, 0.25) is 0 Å². The van der Waals surface area contributed by atoms with Crippen LogP contribution in [-0.2, 0) is 4.79 Å². The van der Waals surface area contributed by atoms with Gasteiger partial charge >= 0.3 is 0 Å². The molecule has 0 spiro atoms. The minimum absolute atomic E-state index is 0.0458. The van der Waals surface area contributed by atoms with Gasteiger partial charge in [0.1, 0.15) is 6.04 Å². The van der Waals surface area contributed by atoms with Gasteiger partial charge in [0.15, 0.2) is 0 Å². The maximum Gasteiger partial charge on any atom is 0.274 e. The van der Waals surface area contributed by atoms with Crippen LogP contribution in [0.25, 0.3) is 0 Å². The Kier molecular flexibility index (Phi) is 4.25. The normalized spacial score (nSPS) is 11.8. The molecule has 0 saturated heterocycles. The van der Waals surface area contributed by atoms with E-state index in [1.807, 2.05) is 0 Å². The van der Waals surface area contributed by atoms with Crippen molar-refractivity contribution in [3.63, 3.8) is 0 Å². The second-order valence-electron chi connectivity index (χ2n) is 4.31. The summed E-state index contributed by atoms with van der Waals surface area (Å²) < 4.78 is 0. The minimum Gasteiger partial charge on any atom is -0.373 e. The molecule has 0 bridgehead atoms. The van der Waals surface area contributed by atoms with Gasteiger partial charge in [0.2, 0.25) is 5.91 Å². The van der Waals surface area contributed by atoms with Crippen LogP contribution in [0.1, 0.15) is 12.5 Å². The van der Waals surface area contributed by atoms with Gasteiger partial charge in [0.05, 0.1) is 4.92 Å². The molecule has 1 amide bonds.